The van der Waals surface area contributed by atoms with E-state index in [1.807, 2.05) is 6.92 Å². The quantitative estimate of drug-likeness (QED) is 0.563. The Kier molecular flexibility index (Phi) is 3.39. The Morgan fingerprint density at radius 1 is 1.59 bits per heavy atom. The lowest BCUT2D eigenvalue weighted by Gasteiger charge is -2.10. The molecule has 1 aliphatic carbocycles. The summed E-state index contributed by atoms with van der Waals surface area (Å²) in [7, 11) is -3.58. The predicted molar refractivity (Wildman–Crippen MR) is 67.6 cm³/mol. The minimum atomic E-state index is -3.58. The molecule has 1 fully saturated rings. The van der Waals surface area contributed by atoms with Gasteiger partial charge in [-0.15, -0.1) is 0 Å². The maximum atomic E-state index is 12.1. The summed E-state index contributed by atoms with van der Waals surface area (Å²) in [5.74, 6) is 5.77. The van der Waals surface area contributed by atoms with Crippen molar-refractivity contribution < 1.29 is 8.42 Å². The highest BCUT2D eigenvalue weighted by Gasteiger charge is 2.37. The number of rotatable bonds is 4. The predicted octanol–water partition coefficient (Wildman–Crippen LogP) is 0.816. The average Bonchev–Trinajstić information content (AvgIpc) is 2.93. The molecule has 1 aliphatic rings. The van der Waals surface area contributed by atoms with Crippen molar-refractivity contribution in [2.75, 3.05) is 5.43 Å². The maximum absolute atomic E-state index is 12.1. The third-order valence-electron chi connectivity index (χ3n) is 2.66. The molecule has 0 bridgehead atoms. The van der Waals surface area contributed by atoms with E-state index >= 15 is 0 Å². The first kappa shape index (κ1) is 12.7. The third-order valence-corrected chi connectivity index (χ3v) is 4.60. The summed E-state index contributed by atoms with van der Waals surface area (Å²) < 4.78 is 27.4. The number of nitrogens with zero attached hydrogens (tertiary/aromatic N) is 1. The van der Waals surface area contributed by atoms with Crippen molar-refractivity contribution in [2.24, 2.45) is 11.8 Å². The number of hydrogen-bond acceptors (Lipinski definition) is 5. The minimum absolute atomic E-state index is 0.0182. The van der Waals surface area contributed by atoms with E-state index in [4.69, 9.17) is 5.84 Å². The fourth-order valence-corrected chi connectivity index (χ4v) is 3.47. The number of nitrogen functional groups attached to an aromatic ring is 1. The molecule has 0 saturated heterocycles. The van der Waals surface area contributed by atoms with Crippen LogP contribution in [0.15, 0.2) is 21.6 Å². The van der Waals surface area contributed by atoms with Crippen LogP contribution in [0.25, 0.3) is 0 Å². The van der Waals surface area contributed by atoms with Crippen LogP contribution in [0.5, 0.6) is 0 Å². The Morgan fingerprint density at radius 3 is 2.76 bits per heavy atom. The first-order valence-corrected chi connectivity index (χ1v) is 7.36. The van der Waals surface area contributed by atoms with Gasteiger partial charge in [0.2, 0.25) is 10.0 Å². The van der Waals surface area contributed by atoms with Crippen molar-refractivity contribution in [1.82, 2.24) is 9.71 Å². The second-order valence-corrected chi connectivity index (χ2v) is 6.68. The zero-order chi connectivity index (χ0) is 12.6. The van der Waals surface area contributed by atoms with Crippen molar-refractivity contribution in [2.45, 2.75) is 24.3 Å². The number of aromatic nitrogens is 1. The topological polar surface area (TPSA) is 97.1 Å². The fourth-order valence-electron chi connectivity index (χ4n) is 1.48. The number of pyridine rings is 1. The molecule has 0 spiro atoms. The average molecular weight is 321 g/mol. The van der Waals surface area contributed by atoms with Crippen LogP contribution in [0.3, 0.4) is 0 Å². The molecule has 1 saturated carbocycles. The van der Waals surface area contributed by atoms with E-state index in [0.717, 1.165) is 6.42 Å². The number of anilines is 1. The molecule has 2 unspecified atom stereocenters. The normalized spacial score (nSPS) is 23.5. The Balaban J connectivity index is 2.34. The van der Waals surface area contributed by atoms with Crippen molar-refractivity contribution >= 4 is 31.8 Å². The second-order valence-electron chi connectivity index (χ2n) is 4.09. The van der Waals surface area contributed by atoms with Crippen LogP contribution >= 0.6 is 15.9 Å². The third kappa shape index (κ3) is 2.76. The second kappa shape index (κ2) is 4.52. The van der Waals surface area contributed by atoms with E-state index in [1.54, 1.807) is 0 Å². The Labute approximate surface area is 108 Å². The first-order valence-electron chi connectivity index (χ1n) is 5.08. The fraction of sp³-hybridized carbons (Fsp3) is 0.444. The van der Waals surface area contributed by atoms with E-state index < -0.39 is 10.0 Å². The molecule has 1 aromatic heterocycles. The summed E-state index contributed by atoms with van der Waals surface area (Å²) in [6, 6.07) is 1.49. The standard InChI is InChI=1S/C9H13BrN4O2S/c1-5-2-7(5)14-17(15,16)8-3-6(10)4-12-9(8)13-11/h3-5,7,14H,2,11H2,1H3,(H,12,13). The lowest BCUT2D eigenvalue weighted by atomic mass is 10.5. The van der Waals surface area contributed by atoms with Crippen molar-refractivity contribution in [3.8, 4) is 0 Å². The van der Waals surface area contributed by atoms with Gasteiger partial charge < -0.3 is 5.43 Å². The Bertz CT molecular complexity index is 534. The van der Waals surface area contributed by atoms with Gasteiger partial charge in [0.25, 0.3) is 0 Å². The Hall–Kier alpha value is -0.700. The van der Waals surface area contributed by atoms with Crippen molar-refractivity contribution in [3.63, 3.8) is 0 Å². The molecule has 6 nitrogen and oxygen atoms in total. The maximum Gasteiger partial charge on any atom is 0.244 e. The largest absolute Gasteiger partial charge is 0.307 e. The summed E-state index contributed by atoms with van der Waals surface area (Å²) in [6.45, 7) is 1.99. The summed E-state index contributed by atoms with van der Waals surface area (Å²) >= 11 is 3.19. The summed E-state index contributed by atoms with van der Waals surface area (Å²) in [5.41, 5.74) is 2.28. The van der Waals surface area contributed by atoms with Gasteiger partial charge in [0.1, 0.15) is 4.90 Å². The lowest BCUT2D eigenvalue weighted by molar-refractivity contribution is 0.578. The van der Waals surface area contributed by atoms with Gasteiger partial charge in [-0.3, -0.25) is 0 Å². The van der Waals surface area contributed by atoms with Gasteiger partial charge in [0.15, 0.2) is 5.82 Å². The van der Waals surface area contributed by atoms with Crippen molar-refractivity contribution in [1.29, 1.82) is 0 Å². The van der Waals surface area contributed by atoms with Gasteiger partial charge in [0, 0.05) is 16.7 Å². The molecule has 4 N–H and O–H groups in total. The van der Waals surface area contributed by atoms with Crippen LogP contribution in [0.2, 0.25) is 0 Å². The molecule has 0 aliphatic heterocycles. The monoisotopic (exact) mass is 320 g/mol. The van der Waals surface area contributed by atoms with Crippen LogP contribution in [0, 0.1) is 5.92 Å². The molecule has 8 heteroatoms. The van der Waals surface area contributed by atoms with Crippen LogP contribution in [0.1, 0.15) is 13.3 Å². The van der Waals surface area contributed by atoms with Crippen molar-refractivity contribution in [3.05, 3.63) is 16.7 Å². The zero-order valence-corrected chi connectivity index (χ0v) is 11.5. The number of nitrogens with one attached hydrogen (secondary N) is 2. The van der Waals surface area contributed by atoms with Crippen LogP contribution in [-0.4, -0.2) is 19.4 Å². The molecule has 2 atom stereocenters. The molecular formula is C9H13BrN4O2S. The van der Waals surface area contributed by atoms with Crippen LogP contribution in [-0.2, 0) is 10.0 Å². The van der Waals surface area contributed by atoms with Gasteiger partial charge in [0.05, 0.1) is 0 Å². The minimum Gasteiger partial charge on any atom is -0.307 e. The highest BCUT2D eigenvalue weighted by molar-refractivity contribution is 9.10. The number of hydrogen-bond donors (Lipinski definition) is 3. The van der Waals surface area contributed by atoms with Gasteiger partial charge >= 0.3 is 0 Å². The van der Waals surface area contributed by atoms with E-state index in [9.17, 15) is 8.42 Å². The summed E-state index contributed by atoms with van der Waals surface area (Å²) in [4.78, 5) is 3.96. The molecular weight excluding hydrogens is 308 g/mol. The highest BCUT2D eigenvalue weighted by atomic mass is 79.9. The van der Waals surface area contributed by atoms with Gasteiger partial charge in [-0.25, -0.2) is 24.0 Å². The molecule has 0 amide bonds. The molecule has 1 aromatic rings. The molecule has 1 heterocycles. The van der Waals surface area contributed by atoms with E-state index in [1.165, 1.54) is 12.3 Å². The molecule has 0 aromatic carbocycles. The SMILES string of the molecule is CC1CC1NS(=O)(=O)c1cc(Br)cnc1NN. The van der Waals surface area contributed by atoms with E-state index in [2.05, 4.69) is 31.1 Å². The van der Waals surface area contributed by atoms with Gasteiger partial charge in [-0.05, 0) is 34.3 Å². The number of hydrazine groups is 1. The van der Waals surface area contributed by atoms with Gasteiger partial charge in [-0.1, -0.05) is 6.92 Å². The number of sulfonamides is 1. The lowest BCUT2D eigenvalue weighted by Crippen LogP contribution is -2.28. The number of nitrogens with two attached hydrogens (primary N) is 1. The van der Waals surface area contributed by atoms with Gasteiger partial charge in [-0.2, -0.15) is 0 Å². The summed E-state index contributed by atoms with van der Waals surface area (Å²) in [5, 5.41) is 0. The smallest absolute Gasteiger partial charge is 0.244 e. The molecule has 0 radical (unpaired) electrons. The highest BCUT2D eigenvalue weighted by Crippen LogP contribution is 2.32. The first-order chi connectivity index (χ1) is 7.94. The number of halogens is 1. The van der Waals surface area contributed by atoms with Crippen LogP contribution < -0.4 is 16.0 Å². The summed E-state index contributed by atoms with van der Waals surface area (Å²) in [6.07, 6.45) is 2.35. The zero-order valence-electron chi connectivity index (χ0n) is 9.14. The van der Waals surface area contributed by atoms with E-state index in [0.29, 0.717) is 10.4 Å². The molecule has 17 heavy (non-hydrogen) atoms. The Morgan fingerprint density at radius 2 is 2.24 bits per heavy atom. The van der Waals surface area contributed by atoms with E-state index in [-0.39, 0.29) is 16.8 Å². The van der Waals surface area contributed by atoms with Crippen LogP contribution in [0.4, 0.5) is 5.82 Å². The molecule has 2 rings (SSSR count). The molecule has 94 valence electrons.